The van der Waals surface area contributed by atoms with Crippen LogP contribution in [-0.4, -0.2) is 5.11 Å². The fraction of sp³-hybridized carbons (Fsp3) is 0.760. The molecule has 1 nitrogen and oxygen atoms in total. The summed E-state index contributed by atoms with van der Waals surface area (Å²) in [7, 11) is 0. The van der Waals surface area contributed by atoms with E-state index in [4.69, 9.17) is 0 Å². The van der Waals surface area contributed by atoms with E-state index in [1.54, 1.807) is 0 Å². The standard InChI is InChI=1S/C25H44O/c1-6-7-8-9-10-16-24-23(17-12-14-21(4)5)22(18-19-25(24)26)15-11-13-20(2)3/h18-21,26H,6-17H2,1-5H3. The van der Waals surface area contributed by atoms with Crippen LogP contribution in [-0.2, 0) is 19.3 Å². The van der Waals surface area contributed by atoms with Gasteiger partial charge in [-0.15, -0.1) is 0 Å². The van der Waals surface area contributed by atoms with Gasteiger partial charge in [-0.3, -0.25) is 0 Å². The van der Waals surface area contributed by atoms with Crippen molar-refractivity contribution in [2.75, 3.05) is 0 Å². The van der Waals surface area contributed by atoms with Crippen LogP contribution in [0, 0.1) is 11.8 Å². The first-order valence-electron chi connectivity index (χ1n) is 11.3. The predicted octanol–water partition coefficient (Wildman–Crippen LogP) is 7.86. The van der Waals surface area contributed by atoms with Crippen LogP contribution in [0.3, 0.4) is 0 Å². The van der Waals surface area contributed by atoms with Gasteiger partial charge in [0.15, 0.2) is 0 Å². The van der Waals surface area contributed by atoms with Crippen molar-refractivity contribution >= 4 is 0 Å². The largest absolute Gasteiger partial charge is 0.508 e. The van der Waals surface area contributed by atoms with Crippen molar-refractivity contribution in [2.45, 2.75) is 112 Å². The lowest BCUT2D eigenvalue weighted by atomic mass is 9.88. The first-order chi connectivity index (χ1) is 12.5. The second kappa shape index (κ2) is 13.2. The molecule has 0 saturated carbocycles. The van der Waals surface area contributed by atoms with Gasteiger partial charge in [0.1, 0.15) is 5.75 Å². The summed E-state index contributed by atoms with van der Waals surface area (Å²) in [5, 5.41) is 10.5. The molecule has 0 atom stereocenters. The van der Waals surface area contributed by atoms with Gasteiger partial charge in [0.2, 0.25) is 0 Å². The molecule has 0 heterocycles. The van der Waals surface area contributed by atoms with Gasteiger partial charge in [-0.05, 0) is 73.1 Å². The summed E-state index contributed by atoms with van der Waals surface area (Å²) >= 11 is 0. The normalized spacial score (nSPS) is 11.7. The van der Waals surface area contributed by atoms with Crippen LogP contribution in [0.1, 0.15) is 109 Å². The number of rotatable bonds is 14. The second-order valence-electron chi connectivity index (χ2n) is 8.94. The lowest BCUT2D eigenvalue weighted by Gasteiger charge is -2.18. The summed E-state index contributed by atoms with van der Waals surface area (Å²) in [6, 6.07) is 4.15. The number of aryl methyl sites for hydroxylation is 1. The Kier molecular flexibility index (Phi) is 11.7. The van der Waals surface area contributed by atoms with Gasteiger partial charge in [0.25, 0.3) is 0 Å². The minimum atomic E-state index is 0.535. The maximum atomic E-state index is 10.5. The third-order valence-corrected chi connectivity index (χ3v) is 5.47. The van der Waals surface area contributed by atoms with Crippen molar-refractivity contribution < 1.29 is 5.11 Å². The summed E-state index contributed by atoms with van der Waals surface area (Å²) in [6.07, 6.45) is 14.9. The van der Waals surface area contributed by atoms with Gasteiger partial charge >= 0.3 is 0 Å². The molecule has 0 aliphatic heterocycles. The second-order valence-corrected chi connectivity index (χ2v) is 8.94. The minimum Gasteiger partial charge on any atom is -0.508 e. The van der Waals surface area contributed by atoms with Gasteiger partial charge in [-0.2, -0.15) is 0 Å². The molecule has 26 heavy (non-hydrogen) atoms. The fourth-order valence-electron chi connectivity index (χ4n) is 3.85. The predicted molar refractivity (Wildman–Crippen MR) is 116 cm³/mol. The highest BCUT2D eigenvalue weighted by Crippen LogP contribution is 2.30. The Hall–Kier alpha value is -0.980. The maximum Gasteiger partial charge on any atom is 0.119 e. The molecule has 0 radical (unpaired) electrons. The van der Waals surface area contributed by atoms with Crippen LogP contribution in [0.2, 0.25) is 0 Å². The third-order valence-electron chi connectivity index (χ3n) is 5.47. The molecule has 0 spiro atoms. The topological polar surface area (TPSA) is 20.2 Å². The van der Waals surface area contributed by atoms with E-state index in [2.05, 4.69) is 40.7 Å². The van der Waals surface area contributed by atoms with Crippen LogP contribution >= 0.6 is 0 Å². The van der Waals surface area contributed by atoms with Crippen molar-refractivity contribution in [3.63, 3.8) is 0 Å². The van der Waals surface area contributed by atoms with Crippen LogP contribution in [0.5, 0.6) is 5.75 Å². The van der Waals surface area contributed by atoms with E-state index >= 15 is 0 Å². The minimum absolute atomic E-state index is 0.535. The van der Waals surface area contributed by atoms with Crippen molar-refractivity contribution in [3.8, 4) is 5.75 Å². The number of unbranched alkanes of at least 4 members (excludes halogenated alkanes) is 4. The Morgan fingerprint density at radius 1 is 0.692 bits per heavy atom. The molecule has 0 saturated heterocycles. The summed E-state index contributed by atoms with van der Waals surface area (Å²) < 4.78 is 0. The molecule has 1 N–H and O–H groups in total. The summed E-state index contributed by atoms with van der Waals surface area (Å²) in [5.74, 6) is 2.07. The maximum absolute atomic E-state index is 10.5. The average Bonchev–Trinajstić information content (AvgIpc) is 2.57. The van der Waals surface area contributed by atoms with E-state index in [9.17, 15) is 5.11 Å². The molecule has 1 rings (SSSR count). The number of phenolic OH excluding ortho intramolecular Hbond substituents is 1. The van der Waals surface area contributed by atoms with Gasteiger partial charge in [-0.1, -0.05) is 79.2 Å². The number of hydrogen-bond donors (Lipinski definition) is 1. The molecule has 1 aromatic carbocycles. The Balaban J connectivity index is 2.83. The molecule has 0 unspecified atom stereocenters. The Labute approximate surface area is 163 Å². The number of hydrogen-bond acceptors (Lipinski definition) is 1. The van der Waals surface area contributed by atoms with Crippen molar-refractivity contribution in [1.82, 2.24) is 0 Å². The van der Waals surface area contributed by atoms with E-state index < -0.39 is 0 Å². The highest BCUT2D eigenvalue weighted by atomic mass is 16.3. The zero-order valence-corrected chi connectivity index (χ0v) is 18.2. The fourth-order valence-corrected chi connectivity index (χ4v) is 3.85. The van der Waals surface area contributed by atoms with Crippen LogP contribution in [0.15, 0.2) is 12.1 Å². The molecule has 1 heteroatoms. The van der Waals surface area contributed by atoms with E-state index in [0.717, 1.165) is 31.1 Å². The lowest BCUT2D eigenvalue weighted by molar-refractivity contribution is 0.463. The number of benzene rings is 1. The molecule has 0 fully saturated rings. The highest BCUT2D eigenvalue weighted by Gasteiger charge is 2.13. The summed E-state index contributed by atoms with van der Waals surface area (Å²) in [5.41, 5.74) is 4.23. The van der Waals surface area contributed by atoms with Crippen LogP contribution in [0.4, 0.5) is 0 Å². The van der Waals surface area contributed by atoms with Crippen molar-refractivity contribution in [1.29, 1.82) is 0 Å². The Morgan fingerprint density at radius 2 is 1.27 bits per heavy atom. The van der Waals surface area contributed by atoms with Gasteiger partial charge in [-0.25, -0.2) is 0 Å². The van der Waals surface area contributed by atoms with E-state index in [0.29, 0.717) is 5.75 Å². The lowest BCUT2D eigenvalue weighted by Crippen LogP contribution is -2.04. The molecule has 0 amide bonds. The Morgan fingerprint density at radius 3 is 1.88 bits per heavy atom. The number of aromatic hydroxyl groups is 1. The molecule has 0 aliphatic carbocycles. The smallest absolute Gasteiger partial charge is 0.119 e. The van der Waals surface area contributed by atoms with Gasteiger partial charge < -0.3 is 5.11 Å². The first kappa shape index (κ1) is 23.1. The van der Waals surface area contributed by atoms with E-state index in [-0.39, 0.29) is 0 Å². The van der Waals surface area contributed by atoms with Crippen molar-refractivity contribution in [3.05, 3.63) is 28.8 Å². The molecule has 1 aromatic rings. The third kappa shape index (κ3) is 9.10. The monoisotopic (exact) mass is 360 g/mol. The SMILES string of the molecule is CCCCCCCc1c(O)ccc(CCCC(C)C)c1CCCC(C)C. The highest BCUT2D eigenvalue weighted by molar-refractivity contribution is 5.45. The van der Waals surface area contributed by atoms with Crippen LogP contribution in [0.25, 0.3) is 0 Å². The molecular weight excluding hydrogens is 316 g/mol. The van der Waals surface area contributed by atoms with Gasteiger partial charge in [0, 0.05) is 0 Å². The van der Waals surface area contributed by atoms with E-state index in [1.807, 2.05) is 6.07 Å². The van der Waals surface area contributed by atoms with E-state index in [1.165, 1.54) is 74.5 Å². The summed E-state index contributed by atoms with van der Waals surface area (Å²) in [6.45, 7) is 11.5. The van der Waals surface area contributed by atoms with Gasteiger partial charge in [0.05, 0.1) is 0 Å². The van der Waals surface area contributed by atoms with Crippen molar-refractivity contribution in [2.24, 2.45) is 11.8 Å². The Bertz CT molecular complexity index is 487. The molecule has 0 aromatic heterocycles. The number of phenols is 1. The first-order valence-corrected chi connectivity index (χ1v) is 11.3. The van der Waals surface area contributed by atoms with Crippen LogP contribution < -0.4 is 0 Å². The zero-order chi connectivity index (χ0) is 19.4. The average molecular weight is 361 g/mol. The summed E-state index contributed by atoms with van der Waals surface area (Å²) in [4.78, 5) is 0. The molecule has 0 bridgehead atoms. The molecule has 150 valence electrons. The molecular formula is C25H44O. The quantitative estimate of drug-likeness (QED) is 0.335. The zero-order valence-electron chi connectivity index (χ0n) is 18.2. The molecule has 0 aliphatic rings.